The number of nitrogens with zero attached hydrogens (tertiary/aromatic N) is 1. The SMILES string of the molecule is COC(=O)[C@@H]1CCN(C(=O)N[C@@H](C)c2ccc(Cl)s2)C[C@H]1C. The minimum atomic E-state index is -0.186. The van der Waals surface area contributed by atoms with Gasteiger partial charge in [-0.1, -0.05) is 18.5 Å². The average molecular weight is 345 g/mol. The van der Waals surface area contributed by atoms with Crippen LogP contribution in [0.5, 0.6) is 0 Å². The maximum atomic E-state index is 12.4. The summed E-state index contributed by atoms with van der Waals surface area (Å²) in [7, 11) is 1.40. The molecule has 7 heteroatoms. The van der Waals surface area contributed by atoms with Crippen LogP contribution >= 0.6 is 22.9 Å². The van der Waals surface area contributed by atoms with Crippen molar-refractivity contribution in [1.29, 1.82) is 0 Å². The van der Waals surface area contributed by atoms with E-state index >= 15 is 0 Å². The zero-order valence-corrected chi connectivity index (χ0v) is 14.5. The van der Waals surface area contributed by atoms with Gasteiger partial charge in [-0.15, -0.1) is 11.3 Å². The second kappa shape index (κ2) is 7.33. The third-order valence-corrected chi connectivity index (χ3v) is 5.47. The maximum absolute atomic E-state index is 12.4. The molecule has 1 aliphatic rings. The van der Waals surface area contributed by atoms with Gasteiger partial charge in [-0.2, -0.15) is 0 Å². The Hall–Kier alpha value is -1.27. The van der Waals surface area contributed by atoms with E-state index in [2.05, 4.69) is 5.32 Å². The summed E-state index contributed by atoms with van der Waals surface area (Å²) in [6, 6.07) is 3.56. The Kier molecular flexibility index (Phi) is 5.69. The van der Waals surface area contributed by atoms with Crippen LogP contribution in [0.3, 0.4) is 0 Å². The molecule has 122 valence electrons. The second-order valence-corrected chi connectivity index (χ2v) is 7.40. The molecule has 22 heavy (non-hydrogen) atoms. The van der Waals surface area contributed by atoms with Crippen molar-refractivity contribution in [2.45, 2.75) is 26.3 Å². The quantitative estimate of drug-likeness (QED) is 0.856. The minimum Gasteiger partial charge on any atom is -0.469 e. The van der Waals surface area contributed by atoms with E-state index in [-0.39, 0.29) is 29.9 Å². The first kappa shape index (κ1) is 17.1. The van der Waals surface area contributed by atoms with Gasteiger partial charge in [0.2, 0.25) is 0 Å². The molecule has 1 aromatic heterocycles. The van der Waals surface area contributed by atoms with Crippen molar-refractivity contribution in [3.8, 4) is 0 Å². The lowest BCUT2D eigenvalue weighted by Gasteiger charge is -2.36. The monoisotopic (exact) mass is 344 g/mol. The number of hydrogen-bond donors (Lipinski definition) is 1. The molecule has 1 N–H and O–H groups in total. The summed E-state index contributed by atoms with van der Waals surface area (Å²) in [6.07, 6.45) is 0.639. The summed E-state index contributed by atoms with van der Waals surface area (Å²) in [5, 5.41) is 2.98. The third kappa shape index (κ3) is 3.93. The van der Waals surface area contributed by atoms with Gasteiger partial charge in [0.15, 0.2) is 0 Å². The molecule has 0 aromatic carbocycles. The number of amides is 2. The fourth-order valence-electron chi connectivity index (χ4n) is 2.74. The molecule has 0 unspecified atom stereocenters. The van der Waals surface area contributed by atoms with Gasteiger partial charge in [-0.25, -0.2) is 4.79 Å². The van der Waals surface area contributed by atoms with Gasteiger partial charge in [-0.3, -0.25) is 4.79 Å². The summed E-state index contributed by atoms with van der Waals surface area (Å²) in [5.74, 6) is -0.213. The lowest BCUT2D eigenvalue weighted by molar-refractivity contribution is -0.148. The molecule has 0 spiro atoms. The zero-order chi connectivity index (χ0) is 16.3. The molecule has 2 rings (SSSR count). The van der Waals surface area contributed by atoms with E-state index in [1.54, 1.807) is 4.90 Å². The lowest BCUT2D eigenvalue weighted by atomic mass is 9.87. The van der Waals surface area contributed by atoms with Gasteiger partial charge in [0.25, 0.3) is 0 Å². The van der Waals surface area contributed by atoms with Gasteiger partial charge in [0.1, 0.15) is 0 Å². The summed E-state index contributed by atoms with van der Waals surface area (Å²) in [5.41, 5.74) is 0. The van der Waals surface area contributed by atoms with E-state index in [0.29, 0.717) is 23.8 Å². The minimum absolute atomic E-state index is 0.0846. The van der Waals surface area contributed by atoms with Crippen LogP contribution < -0.4 is 5.32 Å². The van der Waals surface area contributed by atoms with Gasteiger partial charge in [0, 0.05) is 18.0 Å². The van der Waals surface area contributed by atoms with Crippen molar-refractivity contribution in [3.63, 3.8) is 0 Å². The first-order valence-corrected chi connectivity index (χ1v) is 8.50. The van der Waals surface area contributed by atoms with Crippen molar-refractivity contribution in [2.75, 3.05) is 20.2 Å². The predicted octanol–water partition coefficient (Wildman–Crippen LogP) is 3.30. The number of urea groups is 1. The molecule has 2 heterocycles. The molecule has 1 aromatic rings. The van der Waals surface area contributed by atoms with Gasteiger partial charge >= 0.3 is 12.0 Å². The van der Waals surface area contributed by atoms with Crippen molar-refractivity contribution < 1.29 is 14.3 Å². The summed E-state index contributed by atoms with van der Waals surface area (Å²) in [6.45, 7) is 5.03. The van der Waals surface area contributed by atoms with Crippen molar-refractivity contribution in [2.24, 2.45) is 11.8 Å². The Bertz CT molecular complexity index is 549. The Morgan fingerprint density at radius 1 is 1.50 bits per heavy atom. The number of nitrogens with one attached hydrogen (secondary N) is 1. The lowest BCUT2D eigenvalue weighted by Crippen LogP contribution is -2.49. The number of halogens is 1. The highest BCUT2D eigenvalue weighted by atomic mass is 35.5. The Morgan fingerprint density at radius 3 is 2.77 bits per heavy atom. The van der Waals surface area contributed by atoms with Gasteiger partial charge in [-0.05, 0) is 31.4 Å². The number of piperidine rings is 1. The highest BCUT2D eigenvalue weighted by Crippen LogP contribution is 2.28. The number of rotatable bonds is 3. The number of hydrogen-bond acceptors (Lipinski definition) is 4. The second-order valence-electron chi connectivity index (χ2n) is 5.65. The molecule has 2 amide bonds. The van der Waals surface area contributed by atoms with E-state index < -0.39 is 0 Å². The normalized spacial score (nSPS) is 23.0. The Labute approximate surface area is 139 Å². The highest BCUT2D eigenvalue weighted by Gasteiger charge is 2.34. The van der Waals surface area contributed by atoms with Crippen LogP contribution in [-0.2, 0) is 9.53 Å². The smallest absolute Gasteiger partial charge is 0.317 e. The first-order valence-electron chi connectivity index (χ1n) is 7.31. The Balaban J connectivity index is 1.90. The molecular weight excluding hydrogens is 324 g/mol. The molecule has 0 saturated carbocycles. The van der Waals surface area contributed by atoms with Crippen LogP contribution in [0.25, 0.3) is 0 Å². The molecule has 1 aliphatic heterocycles. The van der Waals surface area contributed by atoms with Crippen LogP contribution in [-0.4, -0.2) is 37.1 Å². The summed E-state index contributed by atoms with van der Waals surface area (Å²) in [4.78, 5) is 26.8. The molecule has 0 radical (unpaired) electrons. The number of thiophene rings is 1. The largest absolute Gasteiger partial charge is 0.469 e. The summed E-state index contributed by atoms with van der Waals surface area (Å²) >= 11 is 7.38. The maximum Gasteiger partial charge on any atom is 0.317 e. The predicted molar refractivity (Wildman–Crippen MR) is 87.1 cm³/mol. The average Bonchev–Trinajstić information content (AvgIpc) is 2.93. The molecule has 3 atom stereocenters. The zero-order valence-electron chi connectivity index (χ0n) is 13.0. The fraction of sp³-hybridized carbons (Fsp3) is 0.600. The Morgan fingerprint density at radius 2 is 2.23 bits per heavy atom. The fourth-order valence-corrected chi connectivity index (χ4v) is 3.80. The highest BCUT2D eigenvalue weighted by molar-refractivity contribution is 7.16. The number of esters is 1. The van der Waals surface area contributed by atoms with Crippen molar-refractivity contribution >= 4 is 34.9 Å². The van der Waals surface area contributed by atoms with Crippen LogP contribution in [0.1, 0.15) is 31.2 Å². The first-order chi connectivity index (χ1) is 10.4. The van der Waals surface area contributed by atoms with E-state index in [0.717, 1.165) is 4.88 Å². The third-order valence-electron chi connectivity index (χ3n) is 4.06. The van der Waals surface area contributed by atoms with E-state index in [9.17, 15) is 9.59 Å². The van der Waals surface area contributed by atoms with Crippen LogP contribution in [0.4, 0.5) is 4.79 Å². The number of ether oxygens (including phenoxy) is 1. The molecule has 1 fully saturated rings. The standard InChI is InChI=1S/C15H21ClN2O3S/c1-9-8-18(7-6-11(9)14(19)21-3)15(20)17-10(2)12-4-5-13(16)22-12/h4-5,9-11H,6-8H2,1-3H3,(H,17,20)/t9-,10+,11-/m1/s1. The van der Waals surface area contributed by atoms with E-state index in [4.69, 9.17) is 16.3 Å². The number of carbonyl (C=O) groups excluding carboxylic acids is 2. The topological polar surface area (TPSA) is 58.6 Å². The van der Waals surface area contributed by atoms with E-state index in [1.165, 1.54) is 18.4 Å². The van der Waals surface area contributed by atoms with Crippen molar-refractivity contribution in [3.05, 3.63) is 21.3 Å². The van der Waals surface area contributed by atoms with Gasteiger partial charge in [0.05, 0.1) is 23.4 Å². The van der Waals surface area contributed by atoms with Crippen LogP contribution in [0, 0.1) is 11.8 Å². The molecule has 1 saturated heterocycles. The molecular formula is C15H21ClN2O3S. The summed E-state index contributed by atoms with van der Waals surface area (Å²) < 4.78 is 5.52. The van der Waals surface area contributed by atoms with Crippen molar-refractivity contribution in [1.82, 2.24) is 10.2 Å². The number of carbonyl (C=O) groups is 2. The van der Waals surface area contributed by atoms with Crippen LogP contribution in [0.2, 0.25) is 4.34 Å². The number of likely N-dealkylation sites (tertiary alicyclic amines) is 1. The van der Waals surface area contributed by atoms with Gasteiger partial charge < -0.3 is 15.0 Å². The molecule has 0 aliphatic carbocycles. The molecule has 5 nitrogen and oxygen atoms in total. The molecule has 0 bridgehead atoms. The van der Waals surface area contributed by atoms with Crippen LogP contribution in [0.15, 0.2) is 12.1 Å². The van der Waals surface area contributed by atoms with E-state index in [1.807, 2.05) is 26.0 Å². The number of methoxy groups -OCH3 is 1.